The highest BCUT2D eigenvalue weighted by Gasteiger charge is 2.24. The third kappa shape index (κ3) is 2.27. The minimum Gasteiger partial charge on any atom is -0.362 e. The van der Waals surface area contributed by atoms with Crippen molar-refractivity contribution in [1.82, 2.24) is 0 Å². The van der Waals surface area contributed by atoms with Crippen LogP contribution in [0.3, 0.4) is 0 Å². The quantitative estimate of drug-likeness (QED) is 0.573. The molecule has 11 heavy (non-hydrogen) atoms. The summed E-state index contributed by atoms with van der Waals surface area (Å²) in [6.45, 7) is 0. The number of ketones is 1. The van der Waals surface area contributed by atoms with Crippen molar-refractivity contribution >= 4 is 5.78 Å². The molecule has 1 fully saturated rings. The molecule has 1 saturated carbocycles. The average Bonchev–Trinajstić information content (AvgIpc) is 2.05. The molecule has 2 N–H and O–H groups in total. The molecule has 0 heterocycles. The Kier molecular flexibility index (Phi) is 3.02. The summed E-state index contributed by atoms with van der Waals surface area (Å²) in [5, 5.41) is 17.2. The first-order valence-electron chi connectivity index (χ1n) is 4.11. The van der Waals surface area contributed by atoms with Gasteiger partial charge in [0.05, 0.1) is 0 Å². The Balaban J connectivity index is 2.39. The van der Waals surface area contributed by atoms with Crippen LogP contribution in [0.15, 0.2) is 0 Å². The highest BCUT2D eigenvalue weighted by Crippen LogP contribution is 2.24. The number of aliphatic hydroxyl groups is 2. The van der Waals surface area contributed by atoms with E-state index < -0.39 is 12.1 Å². The molecule has 3 heteroatoms. The lowest BCUT2D eigenvalue weighted by Crippen LogP contribution is -2.28. The molecule has 0 atom stereocenters. The molecular formula is C8H14O3. The molecule has 0 spiro atoms. The van der Waals surface area contributed by atoms with E-state index in [9.17, 15) is 4.79 Å². The molecule has 0 aromatic heterocycles. The van der Waals surface area contributed by atoms with Gasteiger partial charge in [-0.1, -0.05) is 19.3 Å². The van der Waals surface area contributed by atoms with E-state index in [0.29, 0.717) is 0 Å². The van der Waals surface area contributed by atoms with Crippen LogP contribution in [0.2, 0.25) is 0 Å². The number of hydrogen-bond acceptors (Lipinski definition) is 3. The number of hydrogen-bond donors (Lipinski definition) is 2. The van der Waals surface area contributed by atoms with E-state index >= 15 is 0 Å². The van der Waals surface area contributed by atoms with Gasteiger partial charge in [0, 0.05) is 5.92 Å². The van der Waals surface area contributed by atoms with Crippen LogP contribution < -0.4 is 0 Å². The second-order valence-corrected chi connectivity index (χ2v) is 3.11. The molecule has 0 unspecified atom stereocenters. The first kappa shape index (κ1) is 8.68. The van der Waals surface area contributed by atoms with Gasteiger partial charge in [0.1, 0.15) is 0 Å². The van der Waals surface area contributed by atoms with Crippen LogP contribution in [0.25, 0.3) is 0 Å². The maximum atomic E-state index is 11.0. The summed E-state index contributed by atoms with van der Waals surface area (Å²) in [6, 6.07) is 0. The average molecular weight is 158 g/mol. The Labute approximate surface area is 66.0 Å². The molecule has 0 aromatic carbocycles. The zero-order chi connectivity index (χ0) is 8.27. The minimum atomic E-state index is -1.75. The monoisotopic (exact) mass is 158 g/mol. The second-order valence-electron chi connectivity index (χ2n) is 3.11. The summed E-state index contributed by atoms with van der Waals surface area (Å²) >= 11 is 0. The summed E-state index contributed by atoms with van der Waals surface area (Å²) in [7, 11) is 0. The van der Waals surface area contributed by atoms with Gasteiger partial charge in [0.2, 0.25) is 6.29 Å². The van der Waals surface area contributed by atoms with Gasteiger partial charge in [-0.2, -0.15) is 0 Å². The molecule has 64 valence electrons. The molecule has 1 rings (SSSR count). The standard InChI is InChI=1S/C8H14O3/c9-7(8(10)11)6-4-2-1-3-5-6/h6,8,10-11H,1-5H2. The van der Waals surface area contributed by atoms with E-state index in [0.717, 1.165) is 25.7 Å². The molecule has 0 radical (unpaired) electrons. The summed E-state index contributed by atoms with van der Waals surface area (Å²) in [6.07, 6.45) is 3.17. The fourth-order valence-electron chi connectivity index (χ4n) is 1.60. The first-order chi connectivity index (χ1) is 5.22. The van der Waals surface area contributed by atoms with Crippen LogP contribution in [0, 0.1) is 5.92 Å². The normalized spacial score (nSPS) is 20.6. The zero-order valence-corrected chi connectivity index (χ0v) is 6.49. The second kappa shape index (κ2) is 3.83. The molecule has 1 aliphatic rings. The van der Waals surface area contributed by atoms with Crippen molar-refractivity contribution in [2.24, 2.45) is 5.92 Å². The van der Waals surface area contributed by atoms with Crippen LogP contribution in [0.1, 0.15) is 32.1 Å². The third-order valence-electron chi connectivity index (χ3n) is 2.26. The van der Waals surface area contributed by atoms with Crippen molar-refractivity contribution in [3.8, 4) is 0 Å². The van der Waals surface area contributed by atoms with Crippen LogP contribution in [-0.2, 0) is 4.79 Å². The van der Waals surface area contributed by atoms with Gasteiger partial charge >= 0.3 is 0 Å². The lowest BCUT2D eigenvalue weighted by atomic mass is 9.86. The maximum absolute atomic E-state index is 11.0. The summed E-state index contributed by atoms with van der Waals surface area (Å²) < 4.78 is 0. The van der Waals surface area contributed by atoms with Crippen molar-refractivity contribution in [1.29, 1.82) is 0 Å². The van der Waals surface area contributed by atoms with Crippen molar-refractivity contribution in [3.63, 3.8) is 0 Å². The Morgan fingerprint density at radius 3 is 2.18 bits per heavy atom. The Morgan fingerprint density at radius 1 is 1.18 bits per heavy atom. The van der Waals surface area contributed by atoms with Crippen molar-refractivity contribution < 1.29 is 15.0 Å². The van der Waals surface area contributed by atoms with Gasteiger partial charge in [0.15, 0.2) is 5.78 Å². The lowest BCUT2D eigenvalue weighted by Gasteiger charge is -2.20. The topological polar surface area (TPSA) is 57.5 Å². The number of aliphatic hydroxyl groups excluding tert-OH is 1. The number of rotatable bonds is 2. The molecule has 0 aromatic rings. The van der Waals surface area contributed by atoms with Crippen molar-refractivity contribution in [3.05, 3.63) is 0 Å². The minimum absolute atomic E-state index is 0.0938. The van der Waals surface area contributed by atoms with Crippen LogP contribution in [-0.4, -0.2) is 22.3 Å². The summed E-state index contributed by atoms with van der Waals surface area (Å²) in [4.78, 5) is 11.0. The van der Waals surface area contributed by atoms with E-state index in [1.54, 1.807) is 0 Å². The van der Waals surface area contributed by atoms with Gasteiger partial charge in [-0.25, -0.2) is 0 Å². The maximum Gasteiger partial charge on any atom is 0.213 e. The third-order valence-corrected chi connectivity index (χ3v) is 2.26. The largest absolute Gasteiger partial charge is 0.362 e. The molecule has 0 aliphatic heterocycles. The predicted octanol–water partition coefficient (Wildman–Crippen LogP) is 0.446. The molecule has 0 bridgehead atoms. The van der Waals surface area contributed by atoms with E-state index in [-0.39, 0.29) is 5.92 Å². The Hall–Kier alpha value is -0.410. The van der Waals surface area contributed by atoms with Crippen molar-refractivity contribution in [2.45, 2.75) is 38.4 Å². The highest BCUT2D eigenvalue weighted by molar-refractivity contribution is 5.83. The van der Waals surface area contributed by atoms with Gasteiger partial charge in [-0.15, -0.1) is 0 Å². The van der Waals surface area contributed by atoms with Gasteiger partial charge in [0.25, 0.3) is 0 Å². The number of carbonyl (C=O) groups is 1. The van der Waals surface area contributed by atoms with Gasteiger partial charge in [-0.05, 0) is 12.8 Å². The molecule has 0 saturated heterocycles. The molecular weight excluding hydrogens is 144 g/mol. The van der Waals surface area contributed by atoms with E-state index in [2.05, 4.69) is 0 Å². The molecule has 1 aliphatic carbocycles. The molecule has 3 nitrogen and oxygen atoms in total. The van der Waals surface area contributed by atoms with Crippen LogP contribution >= 0.6 is 0 Å². The first-order valence-corrected chi connectivity index (χ1v) is 4.11. The van der Waals surface area contributed by atoms with Gasteiger partial charge in [-0.3, -0.25) is 4.79 Å². The van der Waals surface area contributed by atoms with Crippen molar-refractivity contribution in [2.75, 3.05) is 0 Å². The highest BCUT2D eigenvalue weighted by atomic mass is 16.5. The number of Topliss-reactive ketones (excluding diaryl/α,β-unsaturated/α-hetero) is 1. The van der Waals surface area contributed by atoms with E-state index in [4.69, 9.17) is 10.2 Å². The predicted molar refractivity (Wildman–Crippen MR) is 39.8 cm³/mol. The summed E-state index contributed by atoms with van der Waals surface area (Å²) in [5.74, 6) is -0.492. The summed E-state index contributed by atoms with van der Waals surface area (Å²) in [5.41, 5.74) is 0. The Morgan fingerprint density at radius 2 is 1.73 bits per heavy atom. The Bertz CT molecular complexity index is 136. The van der Waals surface area contributed by atoms with E-state index in [1.165, 1.54) is 6.42 Å². The fraction of sp³-hybridized carbons (Fsp3) is 0.875. The molecule has 0 amide bonds. The number of carbonyl (C=O) groups excluding carboxylic acids is 1. The van der Waals surface area contributed by atoms with Crippen LogP contribution in [0.5, 0.6) is 0 Å². The van der Waals surface area contributed by atoms with E-state index in [1.807, 2.05) is 0 Å². The lowest BCUT2D eigenvalue weighted by molar-refractivity contribution is -0.150. The fourth-order valence-corrected chi connectivity index (χ4v) is 1.60. The smallest absolute Gasteiger partial charge is 0.213 e. The zero-order valence-electron chi connectivity index (χ0n) is 6.49. The van der Waals surface area contributed by atoms with Gasteiger partial charge < -0.3 is 10.2 Å². The SMILES string of the molecule is O=C(C(O)O)C1CCCCC1. The van der Waals surface area contributed by atoms with Crippen LogP contribution in [0.4, 0.5) is 0 Å².